The van der Waals surface area contributed by atoms with E-state index >= 15 is 0 Å². The molecular weight excluding hydrogens is 391 g/mol. The van der Waals surface area contributed by atoms with Crippen LogP contribution < -0.4 is 21.6 Å². The second kappa shape index (κ2) is 16.8. The standard InChI is InChI=1S/C13H30IN2O5/c1-5-10-18-13-9-16(17-4)21-15(3)20-12-8-6-7-11-19-14-2/h5-13H2,1-4H3/q-1. The molecule has 21 heavy (non-hydrogen) atoms. The SMILES string of the molecule is CCCOCCN(OC)ON(C)OCCCCCO[I-]C. The molecule has 0 aliphatic rings. The minimum absolute atomic E-state index is 0.0390. The fourth-order valence-corrected chi connectivity index (χ4v) is 2.16. The van der Waals surface area contributed by atoms with Crippen LogP contribution in [0.2, 0.25) is 0 Å². The Kier molecular flexibility index (Phi) is 17.2. The normalized spacial score (nSPS) is 11.9. The van der Waals surface area contributed by atoms with Gasteiger partial charge in [-0.05, 0) is 6.42 Å². The van der Waals surface area contributed by atoms with Gasteiger partial charge in [0.15, 0.2) is 0 Å². The summed E-state index contributed by atoms with van der Waals surface area (Å²) in [5, 5.41) is 2.63. The second-order valence-electron chi connectivity index (χ2n) is 4.23. The van der Waals surface area contributed by atoms with E-state index in [-0.39, 0.29) is 21.6 Å². The molecule has 0 radical (unpaired) electrons. The molecule has 0 saturated carbocycles. The van der Waals surface area contributed by atoms with Crippen molar-refractivity contribution in [3.05, 3.63) is 0 Å². The number of hydroxylamine groups is 4. The van der Waals surface area contributed by atoms with Gasteiger partial charge in [-0.2, -0.15) is 0 Å². The van der Waals surface area contributed by atoms with Crippen molar-refractivity contribution in [2.24, 2.45) is 0 Å². The molecular formula is C13H30IN2O5-. The van der Waals surface area contributed by atoms with E-state index in [0.29, 0.717) is 19.8 Å². The molecule has 7 nitrogen and oxygen atoms in total. The summed E-state index contributed by atoms with van der Waals surface area (Å²) in [6.07, 6.45) is 4.16. The van der Waals surface area contributed by atoms with Gasteiger partial charge in [0.25, 0.3) is 0 Å². The first kappa shape index (κ1) is 21.4. The van der Waals surface area contributed by atoms with Crippen LogP contribution >= 0.6 is 0 Å². The van der Waals surface area contributed by atoms with Crippen molar-refractivity contribution >= 4 is 0 Å². The van der Waals surface area contributed by atoms with Crippen LogP contribution in [0.4, 0.5) is 0 Å². The third-order valence-corrected chi connectivity index (χ3v) is 3.49. The van der Waals surface area contributed by atoms with Crippen LogP contribution in [0.15, 0.2) is 0 Å². The molecule has 0 bridgehead atoms. The third kappa shape index (κ3) is 15.1. The number of ether oxygens (including phenoxy) is 1. The van der Waals surface area contributed by atoms with E-state index in [1.807, 2.05) is 0 Å². The molecule has 0 aromatic heterocycles. The molecule has 0 aromatic carbocycles. The van der Waals surface area contributed by atoms with Crippen molar-refractivity contribution in [3.63, 3.8) is 0 Å². The third-order valence-electron chi connectivity index (χ3n) is 2.42. The zero-order chi connectivity index (χ0) is 15.8. The topological polar surface area (TPSA) is 52.6 Å². The summed E-state index contributed by atoms with van der Waals surface area (Å²) in [7, 11) is 3.24. The first-order chi connectivity index (χ1) is 10.2. The summed E-state index contributed by atoms with van der Waals surface area (Å²) in [6, 6.07) is 0. The number of hydrogen-bond donors (Lipinski definition) is 0. The van der Waals surface area contributed by atoms with E-state index in [2.05, 4.69) is 11.9 Å². The van der Waals surface area contributed by atoms with Gasteiger partial charge in [-0.25, -0.2) is 0 Å². The number of unbranched alkanes of at least 4 members (excludes halogenated alkanes) is 2. The van der Waals surface area contributed by atoms with Gasteiger partial charge in [-0.15, -0.1) is 0 Å². The van der Waals surface area contributed by atoms with Gasteiger partial charge in [0, 0.05) is 6.61 Å². The Balaban J connectivity index is 3.49. The summed E-state index contributed by atoms with van der Waals surface area (Å²) in [5.41, 5.74) is 0. The molecule has 0 atom stereocenters. The van der Waals surface area contributed by atoms with Crippen LogP contribution in [-0.4, -0.2) is 62.5 Å². The average Bonchev–Trinajstić information content (AvgIpc) is 2.49. The first-order valence-corrected chi connectivity index (χ1v) is 10.3. The number of nitrogens with zero attached hydrogens (tertiary/aromatic N) is 2. The van der Waals surface area contributed by atoms with Crippen molar-refractivity contribution in [3.8, 4) is 0 Å². The second-order valence-corrected chi connectivity index (χ2v) is 5.74. The zero-order valence-corrected chi connectivity index (χ0v) is 15.8. The van der Waals surface area contributed by atoms with Crippen molar-refractivity contribution in [2.75, 3.05) is 52.1 Å². The van der Waals surface area contributed by atoms with Gasteiger partial charge in [-0.1, -0.05) is 6.92 Å². The Morgan fingerprint density at radius 3 is 2.43 bits per heavy atom. The van der Waals surface area contributed by atoms with E-state index in [9.17, 15) is 0 Å². The van der Waals surface area contributed by atoms with Crippen LogP contribution in [-0.2, 0) is 22.4 Å². The van der Waals surface area contributed by atoms with Crippen LogP contribution in [0.25, 0.3) is 0 Å². The summed E-state index contributed by atoms with van der Waals surface area (Å²) in [5.74, 6) is 0. The number of alkyl halides is 1. The summed E-state index contributed by atoms with van der Waals surface area (Å²) >= 11 is -0.0390. The Morgan fingerprint density at radius 1 is 1.00 bits per heavy atom. The number of halogens is 1. The molecule has 0 fully saturated rings. The quantitative estimate of drug-likeness (QED) is 0.134. The maximum absolute atomic E-state index is 5.42. The fourth-order valence-electron chi connectivity index (χ4n) is 1.41. The van der Waals surface area contributed by atoms with Crippen LogP contribution in [0.3, 0.4) is 0 Å². The zero-order valence-electron chi connectivity index (χ0n) is 13.7. The van der Waals surface area contributed by atoms with Gasteiger partial charge >= 0.3 is 114 Å². The monoisotopic (exact) mass is 421 g/mol. The Bertz CT molecular complexity index is 215. The van der Waals surface area contributed by atoms with E-state index in [1.54, 1.807) is 14.2 Å². The van der Waals surface area contributed by atoms with E-state index in [4.69, 9.17) is 22.4 Å². The van der Waals surface area contributed by atoms with Gasteiger partial charge in [0.05, 0.1) is 0 Å². The van der Waals surface area contributed by atoms with Crippen molar-refractivity contribution in [2.45, 2.75) is 32.6 Å². The predicted molar refractivity (Wildman–Crippen MR) is 75.4 cm³/mol. The molecule has 0 amide bonds. The van der Waals surface area contributed by atoms with Crippen LogP contribution in [0, 0.1) is 0 Å². The van der Waals surface area contributed by atoms with Gasteiger partial charge in [0.1, 0.15) is 0 Å². The van der Waals surface area contributed by atoms with Crippen LogP contribution in [0.1, 0.15) is 32.6 Å². The Morgan fingerprint density at radius 2 is 1.76 bits per heavy atom. The van der Waals surface area contributed by atoms with Crippen molar-refractivity contribution < 1.29 is 44.0 Å². The molecule has 0 aromatic rings. The molecule has 130 valence electrons. The molecule has 0 heterocycles. The fraction of sp³-hybridized carbons (Fsp3) is 1.00. The maximum atomic E-state index is 5.42. The van der Waals surface area contributed by atoms with Crippen LogP contribution in [0.5, 0.6) is 0 Å². The van der Waals surface area contributed by atoms with Gasteiger partial charge in [0.2, 0.25) is 0 Å². The average molecular weight is 421 g/mol. The first-order valence-electron chi connectivity index (χ1n) is 7.30. The molecule has 8 heteroatoms. The molecule has 0 aliphatic heterocycles. The van der Waals surface area contributed by atoms with Gasteiger partial charge < -0.3 is 4.74 Å². The summed E-state index contributed by atoms with van der Waals surface area (Å²) in [4.78, 5) is 18.0. The molecule has 0 unspecified atom stereocenters. The van der Waals surface area contributed by atoms with Gasteiger partial charge in [-0.3, -0.25) is 0 Å². The summed E-state index contributed by atoms with van der Waals surface area (Å²) < 4.78 is 10.8. The van der Waals surface area contributed by atoms with E-state index < -0.39 is 0 Å². The Labute approximate surface area is 139 Å². The Hall–Kier alpha value is 0.450. The molecule has 0 aliphatic carbocycles. The molecule has 0 rings (SSSR count). The van der Waals surface area contributed by atoms with E-state index in [0.717, 1.165) is 38.9 Å². The minimum atomic E-state index is -0.0390. The molecule has 0 spiro atoms. The predicted octanol–water partition coefficient (Wildman–Crippen LogP) is -1.19. The number of hydrogen-bond acceptors (Lipinski definition) is 7. The molecule has 0 saturated heterocycles. The van der Waals surface area contributed by atoms with Crippen molar-refractivity contribution in [1.29, 1.82) is 0 Å². The molecule has 0 N–H and O–H groups in total. The van der Waals surface area contributed by atoms with E-state index in [1.165, 1.54) is 10.5 Å². The number of rotatable bonds is 16. The van der Waals surface area contributed by atoms with Crippen molar-refractivity contribution in [1.82, 2.24) is 10.5 Å². The summed E-state index contributed by atoms with van der Waals surface area (Å²) in [6.45, 7) is 5.36.